The number of aromatic nitrogens is 3. The smallest absolute Gasteiger partial charge is 0.341 e. The zero-order valence-corrected chi connectivity index (χ0v) is 17.3. The zero-order valence-electron chi connectivity index (χ0n) is 17.3. The maximum absolute atomic E-state index is 11.6. The Kier molecular flexibility index (Phi) is 4.88. The average Bonchev–Trinajstić information content (AvgIpc) is 3.29. The van der Waals surface area contributed by atoms with E-state index >= 15 is 0 Å². The first-order valence-electron chi connectivity index (χ1n) is 10.1. The highest BCUT2D eigenvalue weighted by Crippen LogP contribution is 2.39. The molecule has 32 heavy (non-hydrogen) atoms. The Balaban J connectivity index is 1.77. The van der Waals surface area contributed by atoms with Gasteiger partial charge in [-0.25, -0.2) is 14.3 Å². The summed E-state index contributed by atoms with van der Waals surface area (Å²) in [6, 6.07) is 25.8. The number of hydrogen-bond donors (Lipinski definition) is 1. The van der Waals surface area contributed by atoms with Crippen LogP contribution in [0.25, 0.3) is 39.2 Å². The minimum absolute atomic E-state index is 0.0557. The summed E-state index contributed by atoms with van der Waals surface area (Å²) in [7, 11) is 1.64. The van der Waals surface area contributed by atoms with Gasteiger partial charge in [0.15, 0.2) is 5.65 Å². The third kappa shape index (κ3) is 3.28. The van der Waals surface area contributed by atoms with Crippen molar-refractivity contribution in [2.75, 3.05) is 7.11 Å². The summed E-state index contributed by atoms with van der Waals surface area (Å²) in [4.78, 5) is 16.1. The Morgan fingerprint density at radius 1 is 0.844 bits per heavy atom. The van der Waals surface area contributed by atoms with Gasteiger partial charge in [0.1, 0.15) is 11.3 Å². The van der Waals surface area contributed by atoms with Gasteiger partial charge in [0.2, 0.25) is 0 Å². The fourth-order valence-corrected chi connectivity index (χ4v) is 3.88. The van der Waals surface area contributed by atoms with Crippen molar-refractivity contribution in [3.8, 4) is 39.3 Å². The largest absolute Gasteiger partial charge is 0.496 e. The van der Waals surface area contributed by atoms with Crippen LogP contribution in [0, 0.1) is 0 Å². The Hall–Kier alpha value is -4.45. The van der Waals surface area contributed by atoms with Crippen LogP contribution >= 0.6 is 0 Å². The van der Waals surface area contributed by atoms with Gasteiger partial charge in [-0.1, -0.05) is 66.7 Å². The summed E-state index contributed by atoms with van der Waals surface area (Å²) in [5, 5.41) is 13.9. The number of carboxylic acid groups (broad SMARTS) is 1. The molecule has 0 atom stereocenters. The second-order valence-corrected chi connectivity index (χ2v) is 7.27. The lowest BCUT2D eigenvalue weighted by Crippen LogP contribution is -2.03. The first-order chi connectivity index (χ1) is 15.7. The van der Waals surface area contributed by atoms with Gasteiger partial charge in [0.05, 0.1) is 19.0 Å². The lowest BCUT2D eigenvalue weighted by molar-refractivity contribution is 0.0698. The van der Waals surface area contributed by atoms with Crippen molar-refractivity contribution >= 4 is 11.6 Å². The van der Waals surface area contributed by atoms with Crippen molar-refractivity contribution in [2.45, 2.75) is 0 Å². The third-order valence-electron chi connectivity index (χ3n) is 5.40. The molecular weight excluding hydrogens is 402 g/mol. The predicted molar refractivity (Wildman–Crippen MR) is 123 cm³/mol. The van der Waals surface area contributed by atoms with Gasteiger partial charge in [-0.05, 0) is 23.3 Å². The number of fused-ring (bicyclic) bond motifs is 1. The standard InChI is InChI=1S/C26H19N3O3/c1-32-23-14-19(17-8-4-2-5-9-17)12-13-20(23)21-15-27-25-22(26(30)31)16-28-29(25)24(21)18-10-6-3-7-11-18/h2-16H,1H3,(H,30,31). The van der Waals surface area contributed by atoms with E-state index in [9.17, 15) is 9.90 Å². The molecule has 1 N–H and O–H groups in total. The van der Waals surface area contributed by atoms with Crippen LogP contribution in [0.4, 0.5) is 0 Å². The second kappa shape index (κ2) is 8.00. The second-order valence-electron chi connectivity index (χ2n) is 7.27. The first-order valence-corrected chi connectivity index (χ1v) is 10.1. The lowest BCUT2D eigenvalue weighted by Gasteiger charge is -2.16. The normalized spacial score (nSPS) is 10.9. The van der Waals surface area contributed by atoms with E-state index in [-0.39, 0.29) is 5.56 Å². The molecule has 0 aliphatic heterocycles. The van der Waals surface area contributed by atoms with E-state index in [2.05, 4.69) is 22.2 Å². The van der Waals surface area contributed by atoms with E-state index in [0.717, 1.165) is 33.5 Å². The summed E-state index contributed by atoms with van der Waals surface area (Å²) in [5.74, 6) is -0.376. The van der Waals surface area contributed by atoms with Crippen molar-refractivity contribution in [3.05, 3.63) is 96.8 Å². The average molecular weight is 421 g/mol. The highest BCUT2D eigenvalue weighted by molar-refractivity contribution is 5.95. The molecular formula is C26H19N3O3. The number of nitrogens with zero attached hydrogens (tertiary/aromatic N) is 3. The molecule has 156 valence electrons. The maximum Gasteiger partial charge on any atom is 0.341 e. The van der Waals surface area contributed by atoms with E-state index in [1.807, 2.05) is 66.7 Å². The van der Waals surface area contributed by atoms with Crippen molar-refractivity contribution in [2.24, 2.45) is 0 Å². The summed E-state index contributed by atoms with van der Waals surface area (Å²) < 4.78 is 7.34. The number of carbonyl (C=O) groups is 1. The molecule has 2 aromatic heterocycles. The van der Waals surface area contributed by atoms with E-state index in [0.29, 0.717) is 11.4 Å². The molecule has 0 radical (unpaired) electrons. The molecule has 0 bridgehead atoms. The Morgan fingerprint density at radius 3 is 2.19 bits per heavy atom. The Labute approximate surface area is 184 Å². The van der Waals surface area contributed by atoms with E-state index in [1.54, 1.807) is 17.8 Å². The van der Waals surface area contributed by atoms with Crippen LogP contribution in [0.15, 0.2) is 91.3 Å². The maximum atomic E-state index is 11.6. The molecule has 0 aliphatic rings. The number of carboxylic acids is 1. The lowest BCUT2D eigenvalue weighted by atomic mass is 9.96. The number of rotatable bonds is 5. The van der Waals surface area contributed by atoms with Crippen LogP contribution in [0.5, 0.6) is 5.75 Å². The number of methoxy groups -OCH3 is 1. The quantitative estimate of drug-likeness (QED) is 0.409. The Morgan fingerprint density at radius 2 is 1.53 bits per heavy atom. The molecule has 0 fully saturated rings. The molecule has 3 aromatic carbocycles. The molecule has 6 heteroatoms. The van der Waals surface area contributed by atoms with Gasteiger partial charge < -0.3 is 9.84 Å². The van der Waals surface area contributed by atoms with Crippen molar-refractivity contribution < 1.29 is 14.6 Å². The molecule has 5 aromatic rings. The van der Waals surface area contributed by atoms with Gasteiger partial charge >= 0.3 is 5.97 Å². The van der Waals surface area contributed by atoms with Crippen LogP contribution in [0.2, 0.25) is 0 Å². The SMILES string of the molecule is COc1cc(-c2ccccc2)ccc1-c1cnc2c(C(=O)O)cnn2c1-c1ccccc1. The van der Waals surface area contributed by atoms with Crippen molar-refractivity contribution in [1.29, 1.82) is 0 Å². The summed E-state index contributed by atoms with van der Waals surface area (Å²) in [6.07, 6.45) is 3.02. The van der Waals surface area contributed by atoms with Crippen molar-refractivity contribution in [1.82, 2.24) is 14.6 Å². The van der Waals surface area contributed by atoms with Gasteiger partial charge in [0, 0.05) is 22.9 Å². The molecule has 0 saturated carbocycles. The fourth-order valence-electron chi connectivity index (χ4n) is 3.88. The van der Waals surface area contributed by atoms with E-state index in [1.165, 1.54) is 6.20 Å². The molecule has 0 saturated heterocycles. The minimum Gasteiger partial charge on any atom is -0.496 e. The van der Waals surface area contributed by atoms with Crippen LogP contribution in [0.3, 0.4) is 0 Å². The number of aromatic carboxylic acids is 1. The summed E-state index contributed by atoms with van der Waals surface area (Å²) in [6.45, 7) is 0. The van der Waals surface area contributed by atoms with Gasteiger partial charge in [-0.2, -0.15) is 5.10 Å². The molecule has 5 rings (SSSR count). The van der Waals surface area contributed by atoms with Crippen molar-refractivity contribution in [3.63, 3.8) is 0 Å². The van der Waals surface area contributed by atoms with Crippen LogP contribution < -0.4 is 4.74 Å². The minimum atomic E-state index is -1.07. The highest BCUT2D eigenvalue weighted by atomic mass is 16.5. The Bertz CT molecular complexity index is 1430. The summed E-state index contributed by atoms with van der Waals surface area (Å²) in [5.41, 5.74) is 5.74. The van der Waals surface area contributed by atoms with Gasteiger partial charge in [-0.15, -0.1) is 0 Å². The van der Waals surface area contributed by atoms with E-state index < -0.39 is 5.97 Å². The number of benzene rings is 3. The zero-order chi connectivity index (χ0) is 22.1. The predicted octanol–water partition coefficient (Wildman–Crippen LogP) is 5.44. The summed E-state index contributed by atoms with van der Waals surface area (Å²) >= 11 is 0. The number of ether oxygens (including phenoxy) is 1. The third-order valence-corrected chi connectivity index (χ3v) is 5.40. The molecule has 0 amide bonds. The van der Waals surface area contributed by atoms with Crippen LogP contribution in [-0.4, -0.2) is 32.8 Å². The number of hydrogen-bond acceptors (Lipinski definition) is 4. The fraction of sp³-hybridized carbons (Fsp3) is 0.0385. The first kappa shape index (κ1) is 19.5. The molecule has 6 nitrogen and oxygen atoms in total. The van der Waals surface area contributed by atoms with Gasteiger partial charge in [0.25, 0.3) is 0 Å². The molecule has 0 aliphatic carbocycles. The molecule has 2 heterocycles. The highest BCUT2D eigenvalue weighted by Gasteiger charge is 2.21. The van der Waals surface area contributed by atoms with Crippen LogP contribution in [-0.2, 0) is 0 Å². The van der Waals surface area contributed by atoms with Gasteiger partial charge in [-0.3, -0.25) is 0 Å². The van der Waals surface area contributed by atoms with Crippen LogP contribution in [0.1, 0.15) is 10.4 Å². The molecule has 0 spiro atoms. The topological polar surface area (TPSA) is 76.7 Å². The molecule has 0 unspecified atom stereocenters. The monoisotopic (exact) mass is 421 g/mol. The van der Waals surface area contributed by atoms with E-state index in [4.69, 9.17) is 4.74 Å².